The summed E-state index contributed by atoms with van der Waals surface area (Å²) < 4.78 is 0. The van der Waals surface area contributed by atoms with Crippen LogP contribution in [0.15, 0.2) is 18.2 Å². The van der Waals surface area contributed by atoms with Gasteiger partial charge in [0.15, 0.2) is 0 Å². The largest absolute Gasteiger partial charge is 0.334 e. The molecule has 0 aliphatic carbocycles. The Morgan fingerprint density at radius 3 is 2.80 bits per heavy atom. The molecule has 1 saturated heterocycles. The fraction of sp³-hybridized carbons (Fsp3) is 0.562. The lowest BCUT2D eigenvalue weighted by Crippen LogP contribution is -2.43. The molecule has 1 heterocycles. The van der Waals surface area contributed by atoms with Crippen molar-refractivity contribution < 1.29 is 4.79 Å². The molecule has 1 fully saturated rings. The number of nitrogens with zero attached hydrogens (tertiary/aromatic N) is 1. The van der Waals surface area contributed by atoms with E-state index in [1.807, 2.05) is 30.0 Å². The molecule has 110 valence electrons. The predicted octanol–water partition coefficient (Wildman–Crippen LogP) is 3.11. The summed E-state index contributed by atoms with van der Waals surface area (Å²) in [5.74, 6) is 0.583. The summed E-state index contributed by atoms with van der Waals surface area (Å²) >= 11 is 6.04. The second-order valence-electron chi connectivity index (χ2n) is 5.96. The van der Waals surface area contributed by atoms with E-state index in [1.54, 1.807) is 0 Å². The molecule has 1 atom stereocenters. The van der Waals surface area contributed by atoms with E-state index in [-0.39, 0.29) is 5.91 Å². The molecule has 1 aromatic rings. The van der Waals surface area contributed by atoms with Crippen LogP contribution in [0.2, 0.25) is 5.02 Å². The summed E-state index contributed by atoms with van der Waals surface area (Å²) in [6.07, 6.45) is 1.03. The quantitative estimate of drug-likeness (QED) is 0.925. The van der Waals surface area contributed by atoms with Crippen molar-refractivity contribution in [1.29, 1.82) is 0 Å². The molecule has 1 amide bonds. The SMILES string of the molecule is Cc1cc(C(=O)N(CC(C)C)C2CCNC2)ccc1Cl. The molecule has 1 aliphatic rings. The van der Waals surface area contributed by atoms with E-state index in [4.69, 9.17) is 11.6 Å². The van der Waals surface area contributed by atoms with Gasteiger partial charge < -0.3 is 10.2 Å². The van der Waals surface area contributed by atoms with Crippen LogP contribution in [-0.2, 0) is 0 Å². The summed E-state index contributed by atoms with van der Waals surface area (Å²) in [6.45, 7) is 8.92. The second kappa shape index (κ2) is 6.59. The zero-order chi connectivity index (χ0) is 14.7. The van der Waals surface area contributed by atoms with Gasteiger partial charge in [-0.3, -0.25) is 4.79 Å². The number of hydrogen-bond donors (Lipinski definition) is 1. The molecule has 1 aromatic carbocycles. The number of carbonyl (C=O) groups excluding carboxylic acids is 1. The number of aryl methyl sites for hydroxylation is 1. The van der Waals surface area contributed by atoms with Gasteiger partial charge >= 0.3 is 0 Å². The molecule has 1 aliphatic heterocycles. The Hall–Kier alpha value is -1.06. The molecule has 0 bridgehead atoms. The maximum absolute atomic E-state index is 12.8. The predicted molar refractivity (Wildman–Crippen MR) is 83.3 cm³/mol. The molecule has 0 saturated carbocycles. The minimum atomic E-state index is 0.118. The average molecular weight is 295 g/mol. The van der Waals surface area contributed by atoms with E-state index < -0.39 is 0 Å². The van der Waals surface area contributed by atoms with Gasteiger partial charge in [-0.1, -0.05) is 25.4 Å². The van der Waals surface area contributed by atoms with E-state index in [9.17, 15) is 4.79 Å². The second-order valence-corrected chi connectivity index (χ2v) is 6.37. The average Bonchev–Trinajstić information content (AvgIpc) is 2.92. The third-order valence-corrected chi connectivity index (χ3v) is 4.13. The zero-order valence-corrected chi connectivity index (χ0v) is 13.2. The minimum Gasteiger partial charge on any atom is -0.334 e. The fourth-order valence-corrected chi connectivity index (χ4v) is 2.76. The highest BCUT2D eigenvalue weighted by atomic mass is 35.5. The van der Waals surface area contributed by atoms with Crippen LogP contribution < -0.4 is 5.32 Å². The van der Waals surface area contributed by atoms with Crippen LogP contribution in [0.1, 0.15) is 36.2 Å². The number of rotatable bonds is 4. The minimum absolute atomic E-state index is 0.118. The van der Waals surface area contributed by atoms with Gasteiger partial charge in [0.05, 0.1) is 0 Å². The standard InChI is InChI=1S/C16H23ClN2O/c1-11(2)10-19(14-6-7-18-9-14)16(20)13-4-5-15(17)12(3)8-13/h4-5,8,11,14,18H,6-7,9-10H2,1-3H3. The normalized spacial score (nSPS) is 18.6. The van der Waals surface area contributed by atoms with Crippen molar-refractivity contribution in [3.63, 3.8) is 0 Å². The highest BCUT2D eigenvalue weighted by molar-refractivity contribution is 6.31. The maximum atomic E-state index is 12.8. The van der Waals surface area contributed by atoms with Gasteiger partial charge in [-0.25, -0.2) is 0 Å². The van der Waals surface area contributed by atoms with E-state index in [2.05, 4.69) is 19.2 Å². The maximum Gasteiger partial charge on any atom is 0.254 e. The molecule has 1 unspecified atom stereocenters. The van der Waals surface area contributed by atoms with E-state index in [0.29, 0.717) is 17.0 Å². The molecular weight excluding hydrogens is 272 g/mol. The number of carbonyl (C=O) groups is 1. The van der Waals surface area contributed by atoms with Gasteiger partial charge in [-0.15, -0.1) is 0 Å². The summed E-state index contributed by atoms with van der Waals surface area (Å²) in [5.41, 5.74) is 1.69. The van der Waals surface area contributed by atoms with Gasteiger partial charge in [0, 0.05) is 29.7 Å². The highest BCUT2D eigenvalue weighted by Crippen LogP contribution is 2.20. The smallest absolute Gasteiger partial charge is 0.254 e. The van der Waals surface area contributed by atoms with Crippen LogP contribution >= 0.6 is 11.6 Å². The molecule has 0 aromatic heterocycles. The first-order valence-electron chi connectivity index (χ1n) is 7.27. The Morgan fingerprint density at radius 1 is 1.50 bits per heavy atom. The zero-order valence-electron chi connectivity index (χ0n) is 12.4. The van der Waals surface area contributed by atoms with Crippen molar-refractivity contribution in [1.82, 2.24) is 10.2 Å². The number of halogens is 1. The van der Waals surface area contributed by atoms with Gasteiger partial charge in [0.1, 0.15) is 0 Å². The van der Waals surface area contributed by atoms with Crippen molar-refractivity contribution >= 4 is 17.5 Å². The highest BCUT2D eigenvalue weighted by Gasteiger charge is 2.27. The molecular formula is C16H23ClN2O. The van der Waals surface area contributed by atoms with Crippen LogP contribution in [-0.4, -0.2) is 36.5 Å². The van der Waals surface area contributed by atoms with E-state index in [0.717, 1.165) is 37.2 Å². The molecule has 1 N–H and O–H groups in total. The number of benzene rings is 1. The first kappa shape index (κ1) is 15.3. The topological polar surface area (TPSA) is 32.3 Å². The van der Waals surface area contributed by atoms with Crippen LogP contribution in [0.5, 0.6) is 0 Å². The Kier molecular flexibility index (Phi) is 5.06. The van der Waals surface area contributed by atoms with Crippen LogP contribution in [0.25, 0.3) is 0 Å². The van der Waals surface area contributed by atoms with Crippen LogP contribution in [0.3, 0.4) is 0 Å². The van der Waals surface area contributed by atoms with Crippen molar-refractivity contribution in [2.75, 3.05) is 19.6 Å². The van der Waals surface area contributed by atoms with Crippen molar-refractivity contribution in [2.24, 2.45) is 5.92 Å². The molecule has 20 heavy (non-hydrogen) atoms. The Balaban J connectivity index is 2.22. The molecule has 2 rings (SSSR count). The van der Waals surface area contributed by atoms with Crippen molar-refractivity contribution in [3.8, 4) is 0 Å². The number of hydrogen-bond acceptors (Lipinski definition) is 2. The number of nitrogens with one attached hydrogen (secondary N) is 1. The summed E-state index contributed by atoms with van der Waals surface area (Å²) in [6, 6.07) is 5.83. The Morgan fingerprint density at radius 2 is 2.25 bits per heavy atom. The summed E-state index contributed by atoms with van der Waals surface area (Å²) in [7, 11) is 0. The van der Waals surface area contributed by atoms with Gasteiger partial charge in [-0.2, -0.15) is 0 Å². The first-order chi connectivity index (χ1) is 9.49. The lowest BCUT2D eigenvalue weighted by Gasteiger charge is -2.30. The fourth-order valence-electron chi connectivity index (χ4n) is 2.64. The summed E-state index contributed by atoms with van der Waals surface area (Å²) in [4.78, 5) is 14.8. The van der Waals surface area contributed by atoms with Crippen molar-refractivity contribution in [3.05, 3.63) is 34.3 Å². The molecule has 0 spiro atoms. The molecule has 4 heteroatoms. The van der Waals surface area contributed by atoms with Crippen LogP contribution in [0.4, 0.5) is 0 Å². The van der Waals surface area contributed by atoms with Gasteiger partial charge in [-0.05, 0) is 49.6 Å². The molecule has 0 radical (unpaired) electrons. The third-order valence-electron chi connectivity index (χ3n) is 3.70. The summed E-state index contributed by atoms with van der Waals surface area (Å²) in [5, 5.41) is 4.05. The van der Waals surface area contributed by atoms with E-state index >= 15 is 0 Å². The molecule has 3 nitrogen and oxygen atoms in total. The van der Waals surface area contributed by atoms with Crippen LogP contribution in [0, 0.1) is 12.8 Å². The lowest BCUT2D eigenvalue weighted by atomic mass is 10.1. The first-order valence-corrected chi connectivity index (χ1v) is 7.64. The Labute approximate surface area is 126 Å². The lowest BCUT2D eigenvalue weighted by molar-refractivity contribution is 0.0667. The third kappa shape index (κ3) is 3.53. The number of amides is 1. The van der Waals surface area contributed by atoms with Crippen molar-refractivity contribution in [2.45, 2.75) is 33.2 Å². The Bertz CT molecular complexity index is 481. The van der Waals surface area contributed by atoms with Gasteiger partial charge in [0.25, 0.3) is 5.91 Å². The van der Waals surface area contributed by atoms with Gasteiger partial charge in [0.2, 0.25) is 0 Å². The van der Waals surface area contributed by atoms with E-state index in [1.165, 1.54) is 0 Å². The monoisotopic (exact) mass is 294 g/mol.